The van der Waals surface area contributed by atoms with Crippen LogP contribution in [-0.2, 0) is 96.3 Å². The van der Waals surface area contributed by atoms with Gasteiger partial charge < -0.3 is 33.7 Å². The van der Waals surface area contributed by atoms with Gasteiger partial charge in [0.2, 0.25) is 0 Å². The van der Waals surface area contributed by atoms with Gasteiger partial charge in [-0.2, -0.15) is 42.1 Å². The fraction of sp³-hybridized carbons (Fsp3) is 0.482. The molecule has 464 valence electrons. The minimum absolute atomic E-state index is 0.0133. The summed E-state index contributed by atoms with van der Waals surface area (Å²) in [4.78, 5) is 10.1. The first-order chi connectivity index (χ1) is 39.3. The number of aliphatic carboxylic acids is 1. The van der Waals surface area contributed by atoms with Gasteiger partial charge in [0.15, 0.2) is 0 Å². The number of hydrogen-bond acceptors (Lipinski definition) is 17. The third kappa shape index (κ3) is 17.4. The van der Waals surface area contributed by atoms with Crippen LogP contribution in [0.4, 0.5) is 5.69 Å². The van der Waals surface area contributed by atoms with Gasteiger partial charge in [0.1, 0.15) is 9.79 Å². The van der Waals surface area contributed by atoms with E-state index in [4.69, 9.17) is 23.7 Å². The molecule has 1 aliphatic carbocycles. The Balaban J connectivity index is 1.53. The molecule has 0 radical (unpaired) electrons. The van der Waals surface area contributed by atoms with Crippen molar-refractivity contribution in [3.8, 4) is 0 Å². The molecule has 0 spiro atoms. The summed E-state index contributed by atoms with van der Waals surface area (Å²) in [5, 5.41) is 9.32. The van der Waals surface area contributed by atoms with Gasteiger partial charge in [0, 0.05) is 73.4 Å². The molecule has 6 N–H and O–H groups in total. The second kappa shape index (κ2) is 28.7. The van der Waals surface area contributed by atoms with Crippen molar-refractivity contribution in [2.45, 2.75) is 108 Å². The molecule has 3 atom stereocenters. The lowest BCUT2D eigenvalue weighted by Gasteiger charge is -2.38. The highest BCUT2D eigenvalue weighted by molar-refractivity contribution is 7.87. The first kappa shape index (κ1) is 68.1. The van der Waals surface area contributed by atoms with Crippen molar-refractivity contribution in [3.05, 3.63) is 113 Å². The molecule has 4 aromatic rings. The van der Waals surface area contributed by atoms with Crippen LogP contribution >= 0.6 is 0 Å². The lowest BCUT2D eigenvalue weighted by molar-refractivity contribution is -0.137. The van der Waals surface area contributed by atoms with Gasteiger partial charge >= 0.3 is 5.97 Å². The largest absolute Gasteiger partial charge is 0.481 e. The molecule has 0 saturated heterocycles. The number of carboxylic acid groups (broad SMARTS) is 1. The van der Waals surface area contributed by atoms with Gasteiger partial charge in [-0.05, 0) is 134 Å². The van der Waals surface area contributed by atoms with Crippen LogP contribution in [0.2, 0.25) is 0 Å². The topological polar surface area (TPSA) is 359 Å². The number of unbranched alkanes of at least 4 members (excludes halogenated alkanes) is 2. The number of carboxylic acids is 1. The van der Waals surface area contributed by atoms with Crippen LogP contribution in [0.1, 0.15) is 88.3 Å². The Morgan fingerprint density at radius 1 is 0.607 bits per heavy atom. The van der Waals surface area contributed by atoms with E-state index in [0.29, 0.717) is 117 Å². The zero-order valence-electron chi connectivity index (χ0n) is 47.0. The first-order valence-corrected chi connectivity index (χ1v) is 34.2. The quantitative estimate of drug-likeness (QED) is 0.0153. The Morgan fingerprint density at radius 3 is 1.71 bits per heavy atom. The number of allylic oxidation sites excluding steroid dienone is 8. The molecular weight excluding hydrogens is 1200 g/mol. The smallest absolute Gasteiger partial charge is 0.303 e. The average molecular weight is 1270 g/mol. The molecule has 1 heterocycles. The van der Waals surface area contributed by atoms with Crippen LogP contribution in [0.3, 0.4) is 0 Å². The molecule has 0 fully saturated rings. The number of nitrogens with zero attached hydrogens (tertiary/aromatic N) is 1. The van der Waals surface area contributed by atoms with Gasteiger partial charge in [0.25, 0.3) is 50.6 Å². The van der Waals surface area contributed by atoms with Gasteiger partial charge in [-0.15, -0.1) is 0 Å². The molecule has 23 nitrogen and oxygen atoms in total. The Hall–Kier alpha value is -5.02. The standard InChI is InChI=1S/C56H73NO22S5/c1-55(23-26-77-29-30-79-32-31-78-28-27-76-4)41(17-15-39(21-25-75-3)34-40-16-18-44-46(53(40)55)35-42(81(63,64)65)37-49(44)83(69,70)71)12-7-5-8-13-51-56(2,22-11-33-80(60,61)62)54-47-36-43(82(66,67)68)38-50(84(72,73)74)45(47)19-20-48(54)57(51)24-10-6-9-14-52(58)59/h5,7-8,12-13,16-20,35-39H,6,9-11,14-15,21-34H2,1-4H3,(H,58,59)(H,60,61,62)(H,63,64,65)(H,66,67,68)(H,69,70,71)(H,72,73,74)/b8-5+,12-7+,41-17?,51-13+. The van der Waals surface area contributed by atoms with Gasteiger partial charge in [-0.1, -0.05) is 61.9 Å². The molecule has 0 amide bonds. The number of rotatable bonds is 32. The zero-order valence-corrected chi connectivity index (χ0v) is 51.1. The molecule has 28 heteroatoms. The van der Waals surface area contributed by atoms with E-state index >= 15 is 0 Å². The van der Waals surface area contributed by atoms with E-state index in [2.05, 4.69) is 0 Å². The molecule has 0 bridgehead atoms. The van der Waals surface area contributed by atoms with E-state index < -0.39 is 92.7 Å². The molecule has 6 rings (SSSR count). The van der Waals surface area contributed by atoms with Crippen molar-refractivity contribution in [1.29, 1.82) is 0 Å². The Morgan fingerprint density at radius 2 is 1.17 bits per heavy atom. The third-order valence-electron chi connectivity index (χ3n) is 15.2. The Kier molecular flexibility index (Phi) is 23.2. The first-order valence-electron chi connectivity index (χ1n) is 26.9. The maximum atomic E-state index is 13.0. The van der Waals surface area contributed by atoms with Crippen molar-refractivity contribution < 1.29 is 98.4 Å². The monoisotopic (exact) mass is 1270 g/mol. The van der Waals surface area contributed by atoms with E-state index in [0.717, 1.165) is 6.07 Å². The Labute approximate surface area is 491 Å². The zero-order chi connectivity index (χ0) is 61.9. The summed E-state index contributed by atoms with van der Waals surface area (Å²) in [6.45, 7) is 6.12. The van der Waals surface area contributed by atoms with E-state index in [9.17, 15) is 74.8 Å². The normalized spacial score (nSPS) is 19.6. The highest BCUT2D eigenvalue weighted by Gasteiger charge is 2.45. The van der Waals surface area contributed by atoms with Crippen molar-refractivity contribution in [2.24, 2.45) is 5.92 Å². The highest BCUT2D eigenvalue weighted by Crippen LogP contribution is 2.54. The number of hydrogen-bond donors (Lipinski definition) is 6. The summed E-state index contributed by atoms with van der Waals surface area (Å²) in [6.07, 6.45) is 13.2. The third-order valence-corrected chi connectivity index (χ3v) is 19.4. The van der Waals surface area contributed by atoms with Gasteiger partial charge in [0.05, 0.1) is 55.2 Å². The van der Waals surface area contributed by atoms with Crippen LogP contribution in [0, 0.1) is 5.92 Å². The van der Waals surface area contributed by atoms with Crippen LogP contribution in [0.25, 0.3) is 21.5 Å². The summed E-state index contributed by atoms with van der Waals surface area (Å²) in [5.74, 6) is -1.76. The number of methoxy groups -OCH3 is 2. The second-order valence-corrected chi connectivity index (χ2v) is 28.2. The predicted octanol–water partition coefficient (Wildman–Crippen LogP) is 7.94. The van der Waals surface area contributed by atoms with Crippen LogP contribution < -0.4 is 4.90 Å². The van der Waals surface area contributed by atoms with Crippen molar-refractivity contribution in [3.63, 3.8) is 0 Å². The fourth-order valence-electron chi connectivity index (χ4n) is 11.2. The summed E-state index contributed by atoms with van der Waals surface area (Å²) in [6, 6.07) is 9.69. The number of ether oxygens (including phenoxy) is 5. The van der Waals surface area contributed by atoms with Crippen molar-refractivity contribution in [2.75, 3.05) is 84.3 Å². The maximum Gasteiger partial charge on any atom is 0.303 e. The highest BCUT2D eigenvalue weighted by atomic mass is 32.2. The Bertz CT molecular complexity index is 3770. The number of anilines is 1. The predicted molar refractivity (Wildman–Crippen MR) is 313 cm³/mol. The fourth-order valence-corrected chi connectivity index (χ4v) is 14.4. The van der Waals surface area contributed by atoms with Gasteiger partial charge in [-0.25, -0.2) is 0 Å². The summed E-state index contributed by atoms with van der Waals surface area (Å²) in [7, 11) is -21.8. The molecule has 84 heavy (non-hydrogen) atoms. The molecule has 0 saturated carbocycles. The summed E-state index contributed by atoms with van der Waals surface area (Å²) in [5.41, 5.74) is 0.587. The summed E-state index contributed by atoms with van der Waals surface area (Å²) >= 11 is 0. The number of carbonyl (C=O) groups is 1. The van der Waals surface area contributed by atoms with E-state index in [1.165, 1.54) is 18.2 Å². The minimum Gasteiger partial charge on any atom is -0.481 e. The second-order valence-electron chi connectivity index (χ2n) is 21.0. The maximum absolute atomic E-state index is 13.0. The molecule has 2 aliphatic rings. The van der Waals surface area contributed by atoms with Crippen LogP contribution in [0.5, 0.6) is 0 Å². The van der Waals surface area contributed by atoms with Gasteiger partial charge in [-0.3, -0.25) is 27.6 Å². The molecule has 3 unspecified atom stereocenters. The lowest BCUT2D eigenvalue weighted by atomic mass is 9.67. The van der Waals surface area contributed by atoms with Crippen LogP contribution in [0.15, 0.2) is 116 Å². The molecule has 4 aromatic carbocycles. The number of fused-ring (bicyclic) bond motifs is 6. The SMILES string of the molecule is COCCOCCOCCOCCC1(C)C(/C=C/C=C/C=C2/N(CCCCCC(=O)O)c3ccc4c(S(=O)(=O)O)cc(S(=O)(=O)O)cc4c3C2(C)CCCS(=O)(=O)O)=CCC(CCOC)Cc2ccc3c(S(=O)(=O)O)cc(S(=O)(=O)O)cc3c21. The van der Waals surface area contributed by atoms with E-state index in [1.807, 2.05) is 24.0 Å². The van der Waals surface area contributed by atoms with E-state index in [-0.39, 0.29) is 79.5 Å². The average Bonchev–Trinajstić information content (AvgIpc) is 1.50. The molecule has 0 aromatic heterocycles. The van der Waals surface area contributed by atoms with E-state index in [1.54, 1.807) is 57.6 Å². The minimum atomic E-state index is -5.15. The lowest BCUT2D eigenvalue weighted by Crippen LogP contribution is -2.30. The molecular formula is C56H73NO22S5. The summed E-state index contributed by atoms with van der Waals surface area (Å²) < 4.78 is 207. The number of benzene rings is 4. The van der Waals surface area contributed by atoms with Crippen molar-refractivity contribution in [1.82, 2.24) is 0 Å². The van der Waals surface area contributed by atoms with Crippen molar-refractivity contribution >= 4 is 83.8 Å². The molecule has 1 aliphatic heterocycles. The van der Waals surface area contributed by atoms with Crippen LogP contribution in [-0.4, -0.2) is 155 Å².